The van der Waals surface area contributed by atoms with E-state index in [2.05, 4.69) is 15.9 Å². The van der Waals surface area contributed by atoms with Gasteiger partial charge < -0.3 is 11.5 Å². The fraction of sp³-hybridized carbons (Fsp3) is 0.250. The van der Waals surface area contributed by atoms with Crippen LogP contribution < -0.4 is 11.5 Å². The van der Waals surface area contributed by atoms with Crippen molar-refractivity contribution in [2.45, 2.75) is 19.4 Å². The molecule has 22 heavy (non-hydrogen) atoms. The highest BCUT2D eigenvalue weighted by atomic mass is 79.9. The maximum absolute atomic E-state index is 13.0. The summed E-state index contributed by atoms with van der Waals surface area (Å²) in [5.41, 5.74) is 12.0. The Bertz CT molecular complexity index is 618. The van der Waals surface area contributed by atoms with Gasteiger partial charge in [-0.05, 0) is 55.3 Å². The average Bonchev–Trinajstić information content (AvgIpc) is 2.45. The number of hydrogen-bond acceptors (Lipinski definition) is 2. The Hall–Kier alpha value is -1.37. The van der Waals surface area contributed by atoms with Crippen molar-refractivity contribution in [3.8, 4) is 0 Å². The normalized spacial score (nSPS) is 11.6. The molecule has 2 aromatic carbocycles. The second kappa shape index (κ2) is 8.92. The summed E-state index contributed by atoms with van der Waals surface area (Å²) in [4.78, 5) is 0. The van der Waals surface area contributed by atoms with E-state index in [9.17, 15) is 13.2 Å². The van der Waals surface area contributed by atoms with Crippen LogP contribution in [0.4, 0.5) is 13.2 Å². The molecule has 0 aliphatic carbocycles. The molecule has 0 amide bonds. The number of nitrogens with two attached hydrogens (primary N) is 2. The van der Waals surface area contributed by atoms with Crippen LogP contribution in [0.2, 0.25) is 0 Å². The summed E-state index contributed by atoms with van der Waals surface area (Å²) in [6.45, 7) is 2.20. The third kappa shape index (κ3) is 5.79. The van der Waals surface area contributed by atoms with Gasteiger partial charge in [0.2, 0.25) is 0 Å². The first-order valence-corrected chi connectivity index (χ1v) is 7.49. The molecule has 0 fully saturated rings. The van der Waals surface area contributed by atoms with E-state index in [0.717, 1.165) is 16.6 Å². The van der Waals surface area contributed by atoms with Gasteiger partial charge in [0.25, 0.3) is 0 Å². The van der Waals surface area contributed by atoms with Crippen molar-refractivity contribution in [3.63, 3.8) is 0 Å². The molecule has 1 unspecified atom stereocenters. The quantitative estimate of drug-likeness (QED) is 0.850. The Kier molecular flexibility index (Phi) is 7.58. The van der Waals surface area contributed by atoms with Crippen molar-refractivity contribution < 1.29 is 13.2 Å². The smallest absolute Gasteiger partial charge is 0.159 e. The number of benzene rings is 2. The maximum Gasteiger partial charge on any atom is 0.159 e. The van der Waals surface area contributed by atoms with Gasteiger partial charge >= 0.3 is 0 Å². The van der Waals surface area contributed by atoms with Crippen LogP contribution in [0.1, 0.15) is 24.1 Å². The molecule has 2 aromatic rings. The lowest BCUT2D eigenvalue weighted by atomic mass is 10.1. The molecule has 0 aliphatic heterocycles. The van der Waals surface area contributed by atoms with Crippen molar-refractivity contribution in [1.82, 2.24) is 0 Å². The van der Waals surface area contributed by atoms with E-state index < -0.39 is 11.6 Å². The van der Waals surface area contributed by atoms with Crippen LogP contribution in [0.15, 0.2) is 40.9 Å². The van der Waals surface area contributed by atoms with Gasteiger partial charge in [0.1, 0.15) is 5.82 Å². The molecule has 0 spiro atoms. The fourth-order valence-corrected chi connectivity index (χ4v) is 2.01. The van der Waals surface area contributed by atoms with E-state index in [4.69, 9.17) is 11.5 Å². The molecule has 0 heterocycles. The van der Waals surface area contributed by atoms with Crippen molar-refractivity contribution >= 4 is 15.9 Å². The Morgan fingerprint density at radius 1 is 1.00 bits per heavy atom. The molecule has 2 nitrogen and oxygen atoms in total. The first kappa shape index (κ1) is 18.7. The lowest BCUT2D eigenvalue weighted by Gasteiger charge is -2.04. The topological polar surface area (TPSA) is 52.0 Å². The van der Waals surface area contributed by atoms with Crippen LogP contribution in [-0.2, 0) is 6.42 Å². The molecule has 0 saturated carbocycles. The predicted molar refractivity (Wildman–Crippen MR) is 85.8 cm³/mol. The highest BCUT2D eigenvalue weighted by Gasteiger charge is 2.04. The van der Waals surface area contributed by atoms with Crippen LogP contribution in [0, 0.1) is 17.5 Å². The molecule has 1 atom stereocenters. The van der Waals surface area contributed by atoms with Gasteiger partial charge in [-0.15, -0.1) is 0 Å². The first-order chi connectivity index (χ1) is 10.3. The summed E-state index contributed by atoms with van der Waals surface area (Å²) in [5, 5.41) is 0. The molecule has 120 valence electrons. The van der Waals surface area contributed by atoms with Crippen LogP contribution in [0.3, 0.4) is 0 Å². The SMILES string of the molecule is CC(N)c1ccc(F)c(F)c1.NCCc1ccc(Br)cc1F. The minimum atomic E-state index is -0.847. The van der Waals surface area contributed by atoms with Gasteiger partial charge in [0, 0.05) is 10.5 Å². The number of rotatable bonds is 3. The van der Waals surface area contributed by atoms with E-state index in [1.807, 2.05) is 6.07 Å². The molecule has 6 heteroatoms. The standard InChI is InChI=1S/C8H9BrFN.C8H9F2N/c9-7-2-1-6(3-4-11)8(10)5-7;1-5(11)6-2-3-7(9)8(10)4-6/h1-2,5H,3-4,11H2;2-5H,11H2,1H3. The summed E-state index contributed by atoms with van der Waals surface area (Å²) in [6.07, 6.45) is 0.596. The predicted octanol–water partition coefficient (Wildman–Crippen LogP) is 4.07. The zero-order valence-corrected chi connectivity index (χ0v) is 13.7. The van der Waals surface area contributed by atoms with Crippen LogP contribution in [0.25, 0.3) is 0 Å². The Labute approximate surface area is 136 Å². The second-order valence-corrected chi connectivity index (χ2v) is 5.65. The van der Waals surface area contributed by atoms with Gasteiger partial charge in [-0.1, -0.05) is 28.1 Å². The molecule has 0 aliphatic rings. The van der Waals surface area contributed by atoms with Crippen molar-refractivity contribution in [1.29, 1.82) is 0 Å². The minimum absolute atomic E-state index is 0.190. The second-order valence-electron chi connectivity index (χ2n) is 4.74. The molecule has 0 aromatic heterocycles. The molecule has 2 rings (SSSR count). The molecule has 0 radical (unpaired) electrons. The third-order valence-electron chi connectivity index (χ3n) is 2.90. The molecule has 0 saturated heterocycles. The first-order valence-electron chi connectivity index (χ1n) is 6.69. The summed E-state index contributed by atoms with van der Waals surface area (Å²) >= 11 is 3.18. The summed E-state index contributed by atoms with van der Waals surface area (Å²) in [5.74, 6) is -1.88. The van der Waals surface area contributed by atoms with E-state index in [-0.39, 0.29) is 11.9 Å². The summed E-state index contributed by atoms with van der Waals surface area (Å²) < 4.78 is 38.6. The third-order valence-corrected chi connectivity index (χ3v) is 3.39. The summed E-state index contributed by atoms with van der Waals surface area (Å²) in [6, 6.07) is 8.41. The van der Waals surface area contributed by atoms with Crippen molar-refractivity contribution in [2.24, 2.45) is 11.5 Å². The van der Waals surface area contributed by atoms with Crippen LogP contribution >= 0.6 is 15.9 Å². The monoisotopic (exact) mass is 374 g/mol. The molecule has 4 N–H and O–H groups in total. The molecular weight excluding hydrogens is 357 g/mol. The molecular formula is C16H18BrF3N2. The largest absolute Gasteiger partial charge is 0.330 e. The van der Waals surface area contributed by atoms with E-state index in [0.29, 0.717) is 24.1 Å². The van der Waals surface area contributed by atoms with Crippen molar-refractivity contribution in [3.05, 3.63) is 69.4 Å². The zero-order chi connectivity index (χ0) is 16.7. The lowest BCUT2D eigenvalue weighted by Crippen LogP contribution is -2.05. The van der Waals surface area contributed by atoms with E-state index in [1.54, 1.807) is 13.0 Å². The van der Waals surface area contributed by atoms with Gasteiger partial charge in [-0.3, -0.25) is 0 Å². The van der Waals surface area contributed by atoms with Crippen LogP contribution in [0.5, 0.6) is 0 Å². The minimum Gasteiger partial charge on any atom is -0.330 e. The molecule has 0 bridgehead atoms. The number of halogens is 4. The van der Waals surface area contributed by atoms with Gasteiger partial charge in [0.05, 0.1) is 0 Å². The van der Waals surface area contributed by atoms with Crippen molar-refractivity contribution in [2.75, 3.05) is 6.54 Å². The van der Waals surface area contributed by atoms with E-state index >= 15 is 0 Å². The Morgan fingerprint density at radius 3 is 2.18 bits per heavy atom. The fourth-order valence-electron chi connectivity index (χ4n) is 1.68. The van der Waals surface area contributed by atoms with Crippen LogP contribution in [-0.4, -0.2) is 6.54 Å². The Morgan fingerprint density at radius 2 is 1.68 bits per heavy atom. The van der Waals surface area contributed by atoms with Gasteiger partial charge in [-0.25, -0.2) is 13.2 Å². The van der Waals surface area contributed by atoms with E-state index in [1.165, 1.54) is 12.1 Å². The zero-order valence-electron chi connectivity index (χ0n) is 12.1. The Balaban J connectivity index is 0.000000220. The number of hydrogen-bond donors (Lipinski definition) is 2. The highest BCUT2D eigenvalue weighted by molar-refractivity contribution is 9.10. The highest BCUT2D eigenvalue weighted by Crippen LogP contribution is 2.15. The van der Waals surface area contributed by atoms with Gasteiger partial charge in [-0.2, -0.15) is 0 Å². The van der Waals surface area contributed by atoms with Gasteiger partial charge in [0.15, 0.2) is 11.6 Å². The summed E-state index contributed by atoms with van der Waals surface area (Å²) in [7, 11) is 0. The lowest BCUT2D eigenvalue weighted by molar-refractivity contribution is 0.506. The average molecular weight is 375 g/mol. The maximum atomic E-state index is 13.0.